The van der Waals surface area contributed by atoms with Crippen molar-refractivity contribution in [3.8, 4) is 11.5 Å². The van der Waals surface area contributed by atoms with Crippen molar-refractivity contribution in [2.75, 3.05) is 18.5 Å². The molecule has 0 unspecified atom stereocenters. The molecule has 0 radical (unpaired) electrons. The van der Waals surface area contributed by atoms with Crippen molar-refractivity contribution in [1.29, 1.82) is 0 Å². The van der Waals surface area contributed by atoms with Gasteiger partial charge < -0.3 is 14.8 Å². The summed E-state index contributed by atoms with van der Waals surface area (Å²) in [4.78, 5) is 12.0. The maximum Gasteiger partial charge on any atom is 0.250 e. The normalized spacial score (nSPS) is 10.5. The van der Waals surface area contributed by atoms with Crippen molar-refractivity contribution in [3.05, 3.63) is 96.3 Å². The van der Waals surface area contributed by atoms with Gasteiger partial charge in [0.05, 0.1) is 0 Å². The van der Waals surface area contributed by atoms with Gasteiger partial charge in [0.25, 0.3) is 0 Å². The van der Waals surface area contributed by atoms with E-state index < -0.39 is 0 Å². The van der Waals surface area contributed by atoms with Crippen molar-refractivity contribution in [1.82, 2.24) is 5.32 Å². The van der Waals surface area contributed by atoms with Crippen LogP contribution in [0.1, 0.15) is 5.56 Å². The Hall–Kier alpha value is -3.71. The van der Waals surface area contributed by atoms with Gasteiger partial charge in [-0.25, -0.2) is 4.39 Å². The molecule has 0 aliphatic carbocycles. The Balaban J connectivity index is 1.38. The Morgan fingerprint density at radius 1 is 0.871 bits per heavy atom. The largest absolute Gasteiger partial charge is 0.490 e. The van der Waals surface area contributed by atoms with Crippen LogP contribution in [0.3, 0.4) is 0 Å². The van der Waals surface area contributed by atoms with Crippen LogP contribution >= 0.6 is 12.2 Å². The molecule has 3 rings (SSSR count). The summed E-state index contributed by atoms with van der Waals surface area (Å²) in [5.74, 6) is 0.775. The molecule has 0 aromatic heterocycles. The summed E-state index contributed by atoms with van der Waals surface area (Å²) in [6.45, 7) is 0.849. The summed E-state index contributed by atoms with van der Waals surface area (Å²) >= 11 is 5.15. The fourth-order valence-electron chi connectivity index (χ4n) is 2.53. The van der Waals surface area contributed by atoms with E-state index in [2.05, 4.69) is 10.6 Å². The van der Waals surface area contributed by atoms with Crippen LogP contribution in [-0.2, 0) is 4.79 Å². The highest BCUT2D eigenvalue weighted by Gasteiger charge is 2.03. The van der Waals surface area contributed by atoms with Crippen molar-refractivity contribution >= 4 is 35.0 Å². The molecular weight excluding hydrogens is 415 g/mol. The number of hydrogen-bond donors (Lipinski definition) is 2. The molecule has 0 aliphatic rings. The van der Waals surface area contributed by atoms with Crippen LogP contribution in [0.2, 0.25) is 0 Å². The highest BCUT2D eigenvalue weighted by molar-refractivity contribution is 7.80. The fourth-order valence-corrected chi connectivity index (χ4v) is 2.75. The predicted molar refractivity (Wildman–Crippen MR) is 124 cm³/mol. The average molecular weight is 437 g/mol. The van der Waals surface area contributed by atoms with E-state index in [1.54, 1.807) is 42.5 Å². The van der Waals surface area contributed by atoms with E-state index in [0.717, 1.165) is 5.75 Å². The second-order valence-electron chi connectivity index (χ2n) is 6.36. The monoisotopic (exact) mass is 436 g/mol. The molecule has 0 saturated carbocycles. The Labute approximate surface area is 185 Å². The molecule has 158 valence electrons. The molecule has 0 heterocycles. The van der Waals surface area contributed by atoms with Crippen LogP contribution in [0.4, 0.5) is 10.1 Å². The summed E-state index contributed by atoms with van der Waals surface area (Å²) in [6, 6.07) is 22.5. The average Bonchev–Trinajstić information content (AvgIpc) is 2.78. The van der Waals surface area contributed by atoms with Crippen molar-refractivity contribution in [2.45, 2.75) is 0 Å². The lowest BCUT2D eigenvalue weighted by Crippen LogP contribution is -2.32. The Morgan fingerprint density at radius 2 is 1.48 bits per heavy atom. The van der Waals surface area contributed by atoms with Gasteiger partial charge in [0.15, 0.2) is 5.11 Å². The van der Waals surface area contributed by atoms with Gasteiger partial charge in [-0.1, -0.05) is 30.3 Å². The number of para-hydroxylation sites is 1. The molecule has 31 heavy (non-hydrogen) atoms. The number of rotatable bonds is 8. The van der Waals surface area contributed by atoms with Gasteiger partial charge >= 0.3 is 0 Å². The number of halogens is 1. The van der Waals surface area contributed by atoms with Gasteiger partial charge in [0.2, 0.25) is 5.91 Å². The molecule has 3 aromatic rings. The van der Waals surface area contributed by atoms with E-state index in [4.69, 9.17) is 21.7 Å². The maximum absolute atomic E-state index is 12.9. The van der Waals surface area contributed by atoms with Crippen LogP contribution in [0, 0.1) is 5.82 Å². The molecule has 0 fully saturated rings. The van der Waals surface area contributed by atoms with Gasteiger partial charge in [-0.05, 0) is 72.4 Å². The molecule has 0 aliphatic heterocycles. The quantitative estimate of drug-likeness (QED) is 0.302. The topological polar surface area (TPSA) is 59.6 Å². The molecular formula is C24H21FN2O3S. The number of amides is 1. The third-order valence-corrected chi connectivity index (χ3v) is 4.21. The third-order valence-electron chi connectivity index (χ3n) is 4.01. The lowest BCUT2D eigenvalue weighted by Gasteiger charge is -2.10. The summed E-state index contributed by atoms with van der Waals surface area (Å²) in [5, 5.41) is 5.65. The molecule has 3 aromatic carbocycles. The Kier molecular flexibility index (Phi) is 8.13. The number of carbonyl (C=O) groups excluding carboxylic acids is 1. The Bertz CT molecular complexity index is 1020. The standard InChI is InChI=1S/C24H21FN2O3S/c25-19-9-6-18(7-10-19)8-15-23(28)27-24(31)26-20-11-13-22(14-12-20)30-17-16-29-21-4-2-1-3-5-21/h1-15H,16-17H2,(H2,26,27,28,31)/b15-8+. The molecule has 0 spiro atoms. The van der Waals surface area contributed by atoms with Crippen LogP contribution < -0.4 is 20.1 Å². The Morgan fingerprint density at radius 3 is 2.13 bits per heavy atom. The first kappa shape index (κ1) is 22.0. The number of anilines is 1. The zero-order valence-corrected chi connectivity index (χ0v) is 17.4. The van der Waals surface area contributed by atoms with Crippen LogP contribution in [0.15, 0.2) is 84.9 Å². The minimum atomic E-state index is -0.389. The number of nitrogens with one attached hydrogen (secondary N) is 2. The van der Waals surface area contributed by atoms with Gasteiger partial charge in [-0.15, -0.1) is 0 Å². The van der Waals surface area contributed by atoms with Crippen molar-refractivity contribution < 1.29 is 18.7 Å². The minimum absolute atomic E-state index is 0.165. The first-order valence-electron chi connectivity index (χ1n) is 9.55. The van der Waals surface area contributed by atoms with E-state index in [1.165, 1.54) is 18.2 Å². The molecule has 2 N–H and O–H groups in total. The van der Waals surface area contributed by atoms with Crippen LogP contribution in [-0.4, -0.2) is 24.2 Å². The smallest absolute Gasteiger partial charge is 0.250 e. The minimum Gasteiger partial charge on any atom is -0.490 e. The van der Waals surface area contributed by atoms with Crippen LogP contribution in [0.25, 0.3) is 6.08 Å². The zero-order chi connectivity index (χ0) is 21.9. The van der Waals surface area contributed by atoms with Gasteiger partial charge in [-0.3, -0.25) is 10.1 Å². The fraction of sp³-hybridized carbons (Fsp3) is 0.0833. The molecule has 5 nitrogen and oxygen atoms in total. The van der Waals surface area contributed by atoms with Gasteiger partial charge in [-0.2, -0.15) is 0 Å². The summed E-state index contributed by atoms with van der Waals surface area (Å²) < 4.78 is 24.1. The van der Waals surface area contributed by atoms with Crippen molar-refractivity contribution in [2.24, 2.45) is 0 Å². The SMILES string of the molecule is O=C(/C=C/c1ccc(F)cc1)NC(=S)Nc1ccc(OCCOc2ccccc2)cc1. The van der Waals surface area contributed by atoms with E-state index in [-0.39, 0.29) is 16.8 Å². The molecule has 1 amide bonds. The first-order chi connectivity index (χ1) is 15.1. The maximum atomic E-state index is 12.9. The lowest BCUT2D eigenvalue weighted by atomic mass is 10.2. The molecule has 0 bridgehead atoms. The second kappa shape index (κ2) is 11.5. The molecule has 0 atom stereocenters. The van der Waals surface area contributed by atoms with E-state index in [0.29, 0.717) is 30.2 Å². The van der Waals surface area contributed by atoms with Gasteiger partial charge in [0, 0.05) is 11.8 Å². The highest BCUT2D eigenvalue weighted by Crippen LogP contribution is 2.16. The third kappa shape index (κ3) is 7.91. The number of thiocarbonyl (C=S) groups is 1. The van der Waals surface area contributed by atoms with Crippen molar-refractivity contribution in [3.63, 3.8) is 0 Å². The predicted octanol–water partition coefficient (Wildman–Crippen LogP) is 4.81. The number of ether oxygens (including phenoxy) is 2. The van der Waals surface area contributed by atoms with E-state index in [9.17, 15) is 9.18 Å². The van der Waals surface area contributed by atoms with Crippen LogP contribution in [0.5, 0.6) is 11.5 Å². The van der Waals surface area contributed by atoms with Gasteiger partial charge in [0.1, 0.15) is 30.5 Å². The molecule has 7 heteroatoms. The summed E-state index contributed by atoms with van der Waals surface area (Å²) in [5.41, 5.74) is 1.42. The lowest BCUT2D eigenvalue weighted by molar-refractivity contribution is -0.115. The first-order valence-corrected chi connectivity index (χ1v) is 9.96. The number of hydrogen-bond acceptors (Lipinski definition) is 4. The van der Waals surface area contributed by atoms with E-state index in [1.807, 2.05) is 30.3 Å². The summed E-state index contributed by atoms with van der Waals surface area (Å²) in [7, 11) is 0. The zero-order valence-electron chi connectivity index (χ0n) is 16.6. The molecule has 0 saturated heterocycles. The highest BCUT2D eigenvalue weighted by atomic mass is 32.1. The number of benzene rings is 3. The summed E-state index contributed by atoms with van der Waals surface area (Å²) in [6.07, 6.45) is 2.90. The van der Waals surface area contributed by atoms with E-state index >= 15 is 0 Å². The second-order valence-corrected chi connectivity index (χ2v) is 6.77. The number of carbonyl (C=O) groups is 1.